The van der Waals surface area contributed by atoms with Crippen molar-refractivity contribution < 1.29 is 4.74 Å². The largest absolute Gasteiger partial charge is 0.385 e. The molecule has 0 bridgehead atoms. The van der Waals surface area contributed by atoms with E-state index in [1.54, 1.807) is 7.11 Å². The normalized spacial score (nSPS) is 20.5. The number of methoxy groups -OCH3 is 1. The Bertz CT molecular complexity index is 700. The number of pyridine rings is 1. The predicted molar refractivity (Wildman–Crippen MR) is 98.9 cm³/mol. The Kier molecular flexibility index (Phi) is 5.16. The van der Waals surface area contributed by atoms with E-state index in [2.05, 4.69) is 46.2 Å². The van der Waals surface area contributed by atoms with E-state index < -0.39 is 0 Å². The summed E-state index contributed by atoms with van der Waals surface area (Å²) in [5, 5.41) is 4.25. The Hall–Kier alpha value is -1.92. The van der Waals surface area contributed by atoms with Crippen LogP contribution >= 0.6 is 12.2 Å². The zero-order valence-electron chi connectivity index (χ0n) is 14.4. The van der Waals surface area contributed by atoms with Gasteiger partial charge in [0.05, 0.1) is 17.8 Å². The average Bonchev–Trinajstić information content (AvgIpc) is 3.07. The van der Waals surface area contributed by atoms with Gasteiger partial charge in [0, 0.05) is 37.8 Å². The molecule has 5 nitrogen and oxygen atoms in total. The molecule has 2 N–H and O–H groups in total. The number of thiocarbonyl (C=S) groups is 1. The highest BCUT2D eigenvalue weighted by molar-refractivity contribution is 7.80. The van der Waals surface area contributed by atoms with E-state index in [1.807, 2.05) is 18.3 Å². The van der Waals surface area contributed by atoms with E-state index >= 15 is 0 Å². The summed E-state index contributed by atoms with van der Waals surface area (Å²) in [5.74, 6) is 0. The third kappa shape index (κ3) is 3.30. The quantitative estimate of drug-likeness (QED) is 0.623. The molecule has 3 heterocycles. The molecule has 1 aliphatic rings. The number of rotatable bonds is 6. The molecule has 0 saturated carbocycles. The van der Waals surface area contributed by atoms with Gasteiger partial charge in [0.1, 0.15) is 0 Å². The van der Waals surface area contributed by atoms with Gasteiger partial charge >= 0.3 is 0 Å². The summed E-state index contributed by atoms with van der Waals surface area (Å²) >= 11 is 5.63. The molecule has 2 atom stereocenters. The monoisotopic (exact) mass is 344 g/mol. The zero-order valence-corrected chi connectivity index (χ0v) is 15.2. The van der Waals surface area contributed by atoms with Crippen molar-refractivity contribution in [3.63, 3.8) is 0 Å². The molecule has 2 aromatic rings. The van der Waals surface area contributed by atoms with Crippen molar-refractivity contribution in [1.82, 2.24) is 20.2 Å². The van der Waals surface area contributed by atoms with Crippen LogP contribution < -0.4 is 5.32 Å². The van der Waals surface area contributed by atoms with Crippen molar-refractivity contribution in [2.75, 3.05) is 20.3 Å². The Balaban J connectivity index is 1.96. The summed E-state index contributed by atoms with van der Waals surface area (Å²) in [4.78, 5) is 10.2. The maximum atomic E-state index is 5.63. The molecule has 0 radical (unpaired) electrons. The summed E-state index contributed by atoms with van der Waals surface area (Å²) in [6.07, 6.45) is 2.77. The highest BCUT2D eigenvalue weighted by Gasteiger charge is 2.40. The minimum absolute atomic E-state index is 0.0511. The van der Waals surface area contributed by atoms with Crippen molar-refractivity contribution in [2.24, 2.45) is 0 Å². The zero-order chi connectivity index (χ0) is 17.1. The SMILES string of the molecule is COCCCN1C(=S)N[C@@H](c2ccccn2)[C@@H]1c1cc(C)[nH]c1C. The molecule has 0 aliphatic carbocycles. The average molecular weight is 344 g/mol. The van der Waals surface area contributed by atoms with Crippen molar-refractivity contribution in [1.29, 1.82) is 0 Å². The molecule has 1 saturated heterocycles. The second-order valence-electron chi connectivity index (χ2n) is 6.20. The van der Waals surface area contributed by atoms with E-state index in [9.17, 15) is 0 Å². The van der Waals surface area contributed by atoms with Crippen molar-refractivity contribution in [2.45, 2.75) is 32.4 Å². The van der Waals surface area contributed by atoms with Gasteiger partial charge in [-0.05, 0) is 56.2 Å². The Morgan fingerprint density at radius 1 is 1.33 bits per heavy atom. The van der Waals surface area contributed by atoms with Gasteiger partial charge in [-0.15, -0.1) is 0 Å². The van der Waals surface area contributed by atoms with Crippen LogP contribution in [0.15, 0.2) is 30.5 Å². The Morgan fingerprint density at radius 2 is 2.17 bits per heavy atom. The highest BCUT2D eigenvalue weighted by Crippen LogP contribution is 2.40. The molecule has 3 rings (SSSR count). The highest BCUT2D eigenvalue weighted by atomic mass is 32.1. The van der Waals surface area contributed by atoms with Gasteiger partial charge in [0.15, 0.2) is 5.11 Å². The lowest BCUT2D eigenvalue weighted by Gasteiger charge is -2.27. The smallest absolute Gasteiger partial charge is 0.170 e. The molecule has 0 spiro atoms. The topological polar surface area (TPSA) is 53.2 Å². The molecular weight excluding hydrogens is 320 g/mol. The lowest BCUT2D eigenvalue weighted by Crippen LogP contribution is -2.31. The fraction of sp³-hybridized carbons (Fsp3) is 0.444. The second kappa shape index (κ2) is 7.32. The van der Waals surface area contributed by atoms with Crippen molar-refractivity contribution in [3.05, 3.63) is 53.1 Å². The maximum absolute atomic E-state index is 5.63. The fourth-order valence-electron chi connectivity index (χ4n) is 3.42. The molecule has 0 amide bonds. The van der Waals surface area contributed by atoms with E-state index in [-0.39, 0.29) is 12.1 Å². The van der Waals surface area contributed by atoms with E-state index in [4.69, 9.17) is 17.0 Å². The van der Waals surface area contributed by atoms with Gasteiger partial charge in [-0.3, -0.25) is 4.98 Å². The molecule has 2 aromatic heterocycles. The number of hydrogen-bond acceptors (Lipinski definition) is 3. The minimum Gasteiger partial charge on any atom is -0.385 e. The number of aromatic amines is 1. The fourth-order valence-corrected chi connectivity index (χ4v) is 3.75. The summed E-state index contributed by atoms with van der Waals surface area (Å²) in [7, 11) is 1.73. The minimum atomic E-state index is 0.0511. The number of H-pyrrole nitrogens is 1. The number of ether oxygens (including phenoxy) is 1. The van der Waals surface area contributed by atoms with Crippen LogP contribution in [0, 0.1) is 13.8 Å². The van der Waals surface area contributed by atoms with E-state index in [0.717, 1.165) is 36.1 Å². The number of aryl methyl sites for hydroxylation is 2. The number of nitrogens with zero attached hydrogens (tertiary/aromatic N) is 2. The number of hydrogen-bond donors (Lipinski definition) is 2. The van der Waals surface area contributed by atoms with E-state index in [1.165, 1.54) is 11.3 Å². The van der Waals surface area contributed by atoms with Crippen molar-refractivity contribution >= 4 is 17.3 Å². The maximum Gasteiger partial charge on any atom is 0.170 e. The van der Waals surface area contributed by atoms with Gasteiger partial charge in [0.25, 0.3) is 0 Å². The molecule has 6 heteroatoms. The van der Waals surface area contributed by atoms with Crippen LogP contribution in [0.1, 0.15) is 41.1 Å². The number of nitrogens with one attached hydrogen (secondary N) is 2. The first-order valence-electron chi connectivity index (χ1n) is 8.25. The molecule has 128 valence electrons. The van der Waals surface area contributed by atoms with Gasteiger partial charge in [-0.25, -0.2) is 0 Å². The van der Waals surface area contributed by atoms with Crippen LogP contribution in [0.4, 0.5) is 0 Å². The Labute approximate surface area is 148 Å². The summed E-state index contributed by atoms with van der Waals surface area (Å²) in [6.45, 7) is 5.79. The lowest BCUT2D eigenvalue weighted by atomic mass is 9.97. The van der Waals surface area contributed by atoms with Gasteiger partial charge < -0.3 is 19.9 Å². The van der Waals surface area contributed by atoms with Crippen LogP contribution in [0.25, 0.3) is 0 Å². The first-order valence-corrected chi connectivity index (χ1v) is 8.65. The summed E-state index contributed by atoms with van der Waals surface area (Å²) in [6, 6.07) is 8.42. The molecule has 1 fully saturated rings. The van der Waals surface area contributed by atoms with Crippen LogP contribution in [0.5, 0.6) is 0 Å². The van der Waals surface area contributed by atoms with Crippen LogP contribution in [-0.2, 0) is 4.74 Å². The van der Waals surface area contributed by atoms with Crippen LogP contribution in [0.3, 0.4) is 0 Å². The van der Waals surface area contributed by atoms with Gasteiger partial charge in [-0.1, -0.05) is 6.07 Å². The van der Waals surface area contributed by atoms with Crippen LogP contribution in [0.2, 0.25) is 0 Å². The first kappa shape index (κ1) is 16.9. The first-order chi connectivity index (χ1) is 11.6. The molecule has 1 aliphatic heterocycles. The number of aromatic nitrogens is 2. The lowest BCUT2D eigenvalue weighted by molar-refractivity contribution is 0.180. The summed E-state index contributed by atoms with van der Waals surface area (Å²) in [5.41, 5.74) is 4.63. The molecule has 24 heavy (non-hydrogen) atoms. The third-order valence-corrected chi connectivity index (χ3v) is 4.81. The van der Waals surface area contributed by atoms with Gasteiger partial charge in [0.2, 0.25) is 0 Å². The van der Waals surface area contributed by atoms with Gasteiger partial charge in [-0.2, -0.15) is 0 Å². The van der Waals surface area contributed by atoms with Crippen molar-refractivity contribution in [3.8, 4) is 0 Å². The second-order valence-corrected chi connectivity index (χ2v) is 6.59. The summed E-state index contributed by atoms with van der Waals surface area (Å²) < 4.78 is 5.21. The van der Waals surface area contributed by atoms with Crippen LogP contribution in [-0.4, -0.2) is 40.2 Å². The molecule has 0 unspecified atom stereocenters. The standard InChI is InChI=1S/C18H24N4OS/c1-12-11-14(13(2)20-12)17-16(15-7-4-5-8-19-15)21-18(24)22(17)9-6-10-23-3/h4-5,7-8,11,16-17,20H,6,9-10H2,1-3H3,(H,21,24)/t16-,17-/m0/s1. The molecular formula is C18H24N4OS. The third-order valence-electron chi connectivity index (χ3n) is 4.45. The van der Waals surface area contributed by atoms with E-state index in [0.29, 0.717) is 0 Å². The Morgan fingerprint density at radius 3 is 2.79 bits per heavy atom. The predicted octanol–water partition coefficient (Wildman–Crippen LogP) is 3.04. The molecule has 0 aromatic carbocycles.